The highest BCUT2D eigenvalue weighted by molar-refractivity contribution is 5.82. The second-order valence-electron chi connectivity index (χ2n) is 5.23. The zero-order chi connectivity index (χ0) is 10.7. The average Bonchev–Trinajstić information content (AvgIpc) is 1.78. The highest BCUT2D eigenvalue weighted by Gasteiger charge is 2.14. The Hall–Kier alpha value is -0.790. The standard InChI is InChI=1S/C11H20O2/c1-10(2,3)8-7-9(12)13-11(4,5)6/h7-8H,1-6H3/b8-7+. The molecule has 0 spiro atoms. The van der Waals surface area contributed by atoms with E-state index < -0.39 is 5.60 Å². The highest BCUT2D eigenvalue weighted by Crippen LogP contribution is 2.15. The van der Waals surface area contributed by atoms with Gasteiger partial charge in [0, 0.05) is 6.08 Å². The first kappa shape index (κ1) is 12.2. The van der Waals surface area contributed by atoms with Gasteiger partial charge in [0.2, 0.25) is 0 Å². The lowest BCUT2D eigenvalue weighted by Crippen LogP contribution is -2.22. The molecule has 0 aliphatic rings. The Morgan fingerprint density at radius 1 is 1.08 bits per heavy atom. The van der Waals surface area contributed by atoms with Crippen molar-refractivity contribution < 1.29 is 9.53 Å². The molecule has 0 aliphatic carbocycles. The number of hydrogen-bond acceptors (Lipinski definition) is 2. The summed E-state index contributed by atoms with van der Waals surface area (Å²) in [7, 11) is 0. The smallest absolute Gasteiger partial charge is 0.330 e. The molecule has 0 aromatic heterocycles. The van der Waals surface area contributed by atoms with E-state index in [2.05, 4.69) is 0 Å². The summed E-state index contributed by atoms with van der Waals surface area (Å²) in [5.74, 6) is -0.276. The van der Waals surface area contributed by atoms with Gasteiger partial charge in [-0.15, -0.1) is 0 Å². The van der Waals surface area contributed by atoms with E-state index >= 15 is 0 Å². The molecule has 0 radical (unpaired) electrons. The van der Waals surface area contributed by atoms with Crippen molar-refractivity contribution in [3.05, 3.63) is 12.2 Å². The van der Waals surface area contributed by atoms with Gasteiger partial charge in [-0.1, -0.05) is 26.8 Å². The van der Waals surface area contributed by atoms with Crippen LogP contribution in [0, 0.1) is 5.41 Å². The van der Waals surface area contributed by atoms with Crippen molar-refractivity contribution in [3.63, 3.8) is 0 Å². The fourth-order valence-corrected chi connectivity index (χ4v) is 0.654. The van der Waals surface area contributed by atoms with Crippen LogP contribution in [-0.2, 0) is 9.53 Å². The van der Waals surface area contributed by atoms with E-state index in [-0.39, 0.29) is 11.4 Å². The summed E-state index contributed by atoms with van der Waals surface area (Å²) in [6.45, 7) is 11.7. The number of esters is 1. The molecule has 0 amide bonds. The van der Waals surface area contributed by atoms with Gasteiger partial charge in [-0.2, -0.15) is 0 Å². The fraction of sp³-hybridized carbons (Fsp3) is 0.727. The minimum absolute atomic E-state index is 0.0247. The lowest BCUT2D eigenvalue weighted by Gasteiger charge is -2.18. The van der Waals surface area contributed by atoms with Crippen LogP contribution < -0.4 is 0 Å². The number of carbonyl (C=O) groups excluding carboxylic acids is 1. The van der Waals surface area contributed by atoms with Gasteiger partial charge in [-0.3, -0.25) is 0 Å². The van der Waals surface area contributed by atoms with Gasteiger partial charge in [0.25, 0.3) is 0 Å². The summed E-state index contributed by atoms with van der Waals surface area (Å²) in [6, 6.07) is 0. The molecule has 76 valence electrons. The predicted molar refractivity (Wildman–Crippen MR) is 54.4 cm³/mol. The Balaban J connectivity index is 4.11. The molecular weight excluding hydrogens is 164 g/mol. The molecule has 0 aromatic carbocycles. The van der Waals surface area contributed by atoms with Crippen LogP contribution in [0.5, 0.6) is 0 Å². The molecule has 0 saturated heterocycles. The third-order valence-corrected chi connectivity index (χ3v) is 1.13. The van der Waals surface area contributed by atoms with Crippen LogP contribution in [-0.4, -0.2) is 11.6 Å². The molecule has 2 heteroatoms. The second-order valence-corrected chi connectivity index (χ2v) is 5.23. The first-order chi connectivity index (χ1) is 5.60. The van der Waals surface area contributed by atoms with Gasteiger partial charge in [0.05, 0.1) is 0 Å². The van der Waals surface area contributed by atoms with E-state index in [0.717, 1.165) is 0 Å². The summed E-state index contributed by atoms with van der Waals surface area (Å²) in [5.41, 5.74) is -0.379. The second kappa shape index (κ2) is 3.95. The molecule has 0 aliphatic heterocycles. The van der Waals surface area contributed by atoms with Crippen molar-refractivity contribution in [1.82, 2.24) is 0 Å². The quantitative estimate of drug-likeness (QED) is 0.462. The monoisotopic (exact) mass is 184 g/mol. The molecule has 0 bridgehead atoms. The number of carbonyl (C=O) groups is 1. The Bertz CT molecular complexity index is 201. The molecule has 0 N–H and O–H groups in total. The minimum Gasteiger partial charge on any atom is -0.457 e. The molecule has 0 heterocycles. The van der Waals surface area contributed by atoms with Crippen molar-refractivity contribution in [2.75, 3.05) is 0 Å². The van der Waals surface area contributed by atoms with E-state index in [1.807, 2.05) is 47.6 Å². The summed E-state index contributed by atoms with van der Waals surface area (Å²) in [5, 5.41) is 0. The van der Waals surface area contributed by atoms with Crippen molar-refractivity contribution in [2.45, 2.75) is 47.1 Å². The van der Waals surface area contributed by atoms with Crippen molar-refractivity contribution in [1.29, 1.82) is 0 Å². The van der Waals surface area contributed by atoms with E-state index in [9.17, 15) is 4.79 Å². The lowest BCUT2D eigenvalue weighted by atomic mass is 9.96. The van der Waals surface area contributed by atoms with Crippen LogP contribution in [0.4, 0.5) is 0 Å². The summed E-state index contributed by atoms with van der Waals surface area (Å²) in [6.07, 6.45) is 3.34. The van der Waals surface area contributed by atoms with Crippen LogP contribution in [0.2, 0.25) is 0 Å². The molecule has 0 fully saturated rings. The molecule has 0 saturated carbocycles. The first-order valence-electron chi connectivity index (χ1n) is 4.52. The van der Waals surface area contributed by atoms with E-state index in [0.29, 0.717) is 0 Å². The average molecular weight is 184 g/mol. The minimum atomic E-state index is -0.403. The largest absolute Gasteiger partial charge is 0.457 e. The van der Waals surface area contributed by atoms with E-state index in [4.69, 9.17) is 4.74 Å². The zero-order valence-corrected chi connectivity index (χ0v) is 9.47. The predicted octanol–water partition coefficient (Wildman–Crippen LogP) is 2.93. The zero-order valence-electron chi connectivity index (χ0n) is 9.47. The molecular formula is C11H20O2. The Labute approximate surface area is 81.0 Å². The summed E-state index contributed by atoms with van der Waals surface area (Å²) in [4.78, 5) is 11.2. The summed E-state index contributed by atoms with van der Waals surface area (Å²) < 4.78 is 5.11. The summed E-state index contributed by atoms with van der Waals surface area (Å²) >= 11 is 0. The van der Waals surface area contributed by atoms with Gasteiger partial charge in [0.1, 0.15) is 5.60 Å². The maximum absolute atomic E-state index is 11.2. The molecule has 0 aromatic rings. The highest BCUT2D eigenvalue weighted by atomic mass is 16.6. The number of hydrogen-bond donors (Lipinski definition) is 0. The SMILES string of the molecule is CC(C)(C)/C=C/C(=O)OC(C)(C)C. The molecule has 0 rings (SSSR count). The third-order valence-electron chi connectivity index (χ3n) is 1.13. The molecule has 2 nitrogen and oxygen atoms in total. The number of rotatable bonds is 1. The van der Waals surface area contributed by atoms with Crippen molar-refractivity contribution in [3.8, 4) is 0 Å². The van der Waals surface area contributed by atoms with Crippen LogP contribution in [0.25, 0.3) is 0 Å². The Morgan fingerprint density at radius 3 is 1.85 bits per heavy atom. The molecule has 0 atom stereocenters. The fourth-order valence-electron chi connectivity index (χ4n) is 0.654. The normalized spacial score (nSPS) is 13.4. The van der Waals surface area contributed by atoms with Crippen LogP contribution in [0.1, 0.15) is 41.5 Å². The van der Waals surface area contributed by atoms with Crippen LogP contribution in [0.3, 0.4) is 0 Å². The Morgan fingerprint density at radius 2 is 1.54 bits per heavy atom. The van der Waals surface area contributed by atoms with Crippen molar-refractivity contribution >= 4 is 5.97 Å². The topological polar surface area (TPSA) is 26.3 Å². The van der Waals surface area contributed by atoms with Crippen LogP contribution >= 0.6 is 0 Å². The van der Waals surface area contributed by atoms with Gasteiger partial charge in [-0.25, -0.2) is 4.79 Å². The number of allylic oxidation sites excluding steroid dienone is 1. The molecule has 13 heavy (non-hydrogen) atoms. The molecule has 0 unspecified atom stereocenters. The van der Waals surface area contributed by atoms with Gasteiger partial charge in [0.15, 0.2) is 0 Å². The van der Waals surface area contributed by atoms with Gasteiger partial charge >= 0.3 is 5.97 Å². The van der Waals surface area contributed by atoms with E-state index in [1.54, 1.807) is 0 Å². The van der Waals surface area contributed by atoms with Gasteiger partial charge in [-0.05, 0) is 26.2 Å². The van der Waals surface area contributed by atoms with Gasteiger partial charge < -0.3 is 4.74 Å². The first-order valence-corrected chi connectivity index (χ1v) is 4.52. The lowest BCUT2D eigenvalue weighted by molar-refractivity contribution is -0.148. The van der Waals surface area contributed by atoms with Crippen LogP contribution in [0.15, 0.2) is 12.2 Å². The Kier molecular flexibility index (Phi) is 3.71. The number of ether oxygens (including phenoxy) is 1. The maximum Gasteiger partial charge on any atom is 0.330 e. The van der Waals surface area contributed by atoms with Crippen molar-refractivity contribution in [2.24, 2.45) is 5.41 Å². The third kappa shape index (κ3) is 9.12. The maximum atomic E-state index is 11.2. The van der Waals surface area contributed by atoms with E-state index in [1.165, 1.54) is 6.08 Å².